The van der Waals surface area contributed by atoms with Crippen LogP contribution in [0.3, 0.4) is 0 Å². The van der Waals surface area contributed by atoms with Crippen LogP contribution >= 0.6 is 31.9 Å². The second-order valence-electron chi connectivity index (χ2n) is 4.67. The lowest BCUT2D eigenvalue weighted by molar-refractivity contribution is 0.103. The number of ketones is 1. The van der Waals surface area contributed by atoms with Crippen LogP contribution in [0, 0.1) is 0 Å². The fourth-order valence-electron chi connectivity index (χ4n) is 2.06. The van der Waals surface area contributed by atoms with Crippen LogP contribution in [-0.2, 0) is 0 Å². The van der Waals surface area contributed by atoms with Crippen LogP contribution in [0.1, 0.15) is 15.9 Å². The molecule has 0 fully saturated rings. The first-order valence-corrected chi connectivity index (χ1v) is 8.02. The predicted octanol–water partition coefficient (Wildman–Crippen LogP) is 5.41. The number of aromatic hydroxyl groups is 1. The first-order valence-electron chi connectivity index (χ1n) is 6.43. The summed E-state index contributed by atoms with van der Waals surface area (Å²) in [5.41, 5.74) is 1.43. The molecule has 0 radical (unpaired) electrons. The van der Waals surface area contributed by atoms with E-state index in [0.717, 1.165) is 14.5 Å². The van der Waals surface area contributed by atoms with Crippen molar-refractivity contribution in [1.82, 2.24) is 0 Å². The molecule has 0 atom stereocenters. The van der Waals surface area contributed by atoms with Gasteiger partial charge in [-0.1, -0.05) is 44.0 Å². The van der Waals surface area contributed by atoms with Gasteiger partial charge in [-0.15, -0.1) is 0 Å². The van der Waals surface area contributed by atoms with Crippen LogP contribution in [0.25, 0.3) is 11.3 Å². The summed E-state index contributed by atoms with van der Waals surface area (Å²) in [6.45, 7) is 0. The van der Waals surface area contributed by atoms with E-state index >= 15 is 0 Å². The van der Waals surface area contributed by atoms with Gasteiger partial charge < -0.3 is 9.52 Å². The molecule has 5 heteroatoms. The maximum absolute atomic E-state index is 12.4. The molecular formula is C17H10Br2O3. The highest BCUT2D eigenvalue weighted by Crippen LogP contribution is 2.32. The maximum Gasteiger partial charge on any atom is 0.294 e. The van der Waals surface area contributed by atoms with E-state index in [0.29, 0.717) is 11.3 Å². The van der Waals surface area contributed by atoms with Gasteiger partial charge >= 0.3 is 0 Å². The molecule has 0 unspecified atom stereocenters. The summed E-state index contributed by atoms with van der Waals surface area (Å²) in [5.74, 6) is -0.201. The molecule has 0 saturated carbocycles. The molecule has 1 heterocycles. The van der Waals surface area contributed by atoms with Crippen LogP contribution in [0.15, 0.2) is 68.0 Å². The zero-order chi connectivity index (χ0) is 15.7. The third-order valence-corrected chi connectivity index (χ3v) is 4.25. The van der Waals surface area contributed by atoms with Crippen molar-refractivity contribution < 1.29 is 14.3 Å². The molecule has 3 nitrogen and oxygen atoms in total. The van der Waals surface area contributed by atoms with E-state index < -0.39 is 0 Å². The van der Waals surface area contributed by atoms with Gasteiger partial charge in [0, 0.05) is 20.1 Å². The number of rotatable bonds is 3. The Morgan fingerprint density at radius 1 is 0.909 bits per heavy atom. The normalized spacial score (nSPS) is 10.6. The van der Waals surface area contributed by atoms with Crippen molar-refractivity contribution in [2.75, 3.05) is 0 Å². The Morgan fingerprint density at radius 2 is 1.45 bits per heavy atom. The molecule has 22 heavy (non-hydrogen) atoms. The highest BCUT2D eigenvalue weighted by atomic mass is 79.9. The van der Waals surface area contributed by atoms with Gasteiger partial charge in [-0.2, -0.15) is 0 Å². The monoisotopic (exact) mass is 420 g/mol. The summed E-state index contributed by atoms with van der Waals surface area (Å²) < 4.78 is 7.15. The molecule has 0 spiro atoms. The van der Waals surface area contributed by atoms with Gasteiger partial charge in [0.25, 0.3) is 5.95 Å². The van der Waals surface area contributed by atoms with Crippen molar-refractivity contribution in [3.05, 3.63) is 74.7 Å². The van der Waals surface area contributed by atoms with E-state index in [1.54, 1.807) is 30.3 Å². The molecule has 0 aliphatic rings. The first kappa shape index (κ1) is 15.1. The Morgan fingerprint density at radius 3 is 2.05 bits per heavy atom. The topological polar surface area (TPSA) is 50.4 Å². The molecule has 2 aromatic carbocycles. The van der Waals surface area contributed by atoms with Gasteiger partial charge in [-0.3, -0.25) is 4.79 Å². The molecule has 3 aromatic rings. The van der Waals surface area contributed by atoms with Gasteiger partial charge in [0.2, 0.25) is 0 Å². The van der Waals surface area contributed by atoms with E-state index in [2.05, 4.69) is 31.9 Å². The SMILES string of the molecule is O=C(c1ccc(Br)cc1)c1cc(-c2ccc(Br)cc2)oc1O. The molecule has 0 bridgehead atoms. The number of furan rings is 1. The number of benzene rings is 2. The summed E-state index contributed by atoms with van der Waals surface area (Å²) in [6, 6.07) is 15.9. The van der Waals surface area contributed by atoms with Crippen molar-refractivity contribution in [2.45, 2.75) is 0 Å². The number of halogens is 2. The van der Waals surface area contributed by atoms with E-state index in [-0.39, 0.29) is 17.3 Å². The molecular weight excluding hydrogens is 412 g/mol. The van der Waals surface area contributed by atoms with E-state index in [9.17, 15) is 9.90 Å². The van der Waals surface area contributed by atoms with Gasteiger partial charge in [-0.25, -0.2) is 0 Å². The zero-order valence-corrected chi connectivity index (χ0v) is 14.4. The predicted molar refractivity (Wildman–Crippen MR) is 91.1 cm³/mol. The van der Waals surface area contributed by atoms with E-state index in [4.69, 9.17) is 4.42 Å². The molecule has 1 N–H and O–H groups in total. The number of hydrogen-bond donors (Lipinski definition) is 1. The van der Waals surface area contributed by atoms with Crippen molar-refractivity contribution in [2.24, 2.45) is 0 Å². The summed E-state index contributed by atoms with van der Waals surface area (Å²) in [7, 11) is 0. The largest absolute Gasteiger partial charge is 0.480 e. The molecule has 0 aliphatic carbocycles. The maximum atomic E-state index is 12.4. The zero-order valence-electron chi connectivity index (χ0n) is 11.2. The minimum atomic E-state index is -0.370. The third-order valence-electron chi connectivity index (χ3n) is 3.19. The molecule has 0 amide bonds. The summed E-state index contributed by atoms with van der Waals surface area (Å²) in [5, 5.41) is 9.93. The smallest absolute Gasteiger partial charge is 0.294 e. The van der Waals surface area contributed by atoms with Crippen LogP contribution < -0.4 is 0 Å². The van der Waals surface area contributed by atoms with Crippen LogP contribution in [0.2, 0.25) is 0 Å². The fourth-order valence-corrected chi connectivity index (χ4v) is 2.59. The second-order valence-corrected chi connectivity index (χ2v) is 6.50. The molecule has 0 saturated heterocycles. The Hall–Kier alpha value is -1.85. The number of carbonyl (C=O) groups excluding carboxylic acids is 1. The standard InChI is InChI=1S/C17H10Br2O3/c18-12-5-1-10(2-6-12)15-9-14(17(21)22-15)16(20)11-3-7-13(19)8-4-11/h1-9,21H. The van der Waals surface area contributed by atoms with Crippen molar-refractivity contribution >= 4 is 37.6 Å². The Kier molecular flexibility index (Phi) is 4.18. The lowest BCUT2D eigenvalue weighted by Crippen LogP contribution is -1.99. The van der Waals surface area contributed by atoms with Gasteiger partial charge in [0.05, 0.1) is 0 Å². The third kappa shape index (κ3) is 3.00. The summed E-state index contributed by atoms with van der Waals surface area (Å²) >= 11 is 6.68. The van der Waals surface area contributed by atoms with Gasteiger partial charge in [-0.05, 0) is 42.5 Å². The lowest BCUT2D eigenvalue weighted by Gasteiger charge is -1.98. The minimum Gasteiger partial charge on any atom is -0.480 e. The summed E-state index contributed by atoms with van der Waals surface area (Å²) in [6.07, 6.45) is 0. The van der Waals surface area contributed by atoms with Crippen molar-refractivity contribution in [3.63, 3.8) is 0 Å². The van der Waals surface area contributed by atoms with Gasteiger partial charge in [0.15, 0.2) is 5.78 Å². The minimum absolute atomic E-state index is 0.153. The Balaban J connectivity index is 1.97. The van der Waals surface area contributed by atoms with Crippen molar-refractivity contribution in [1.29, 1.82) is 0 Å². The average molecular weight is 422 g/mol. The first-order chi connectivity index (χ1) is 10.5. The van der Waals surface area contributed by atoms with Crippen LogP contribution in [0.4, 0.5) is 0 Å². The van der Waals surface area contributed by atoms with Crippen LogP contribution in [0.5, 0.6) is 5.95 Å². The average Bonchev–Trinajstić information content (AvgIpc) is 2.90. The van der Waals surface area contributed by atoms with Gasteiger partial charge in [0.1, 0.15) is 11.3 Å². The summed E-state index contributed by atoms with van der Waals surface area (Å²) in [4.78, 5) is 12.4. The number of hydrogen-bond acceptors (Lipinski definition) is 3. The highest BCUT2D eigenvalue weighted by molar-refractivity contribution is 9.10. The molecule has 3 rings (SSSR count). The molecule has 0 aliphatic heterocycles. The van der Waals surface area contributed by atoms with Crippen LogP contribution in [-0.4, -0.2) is 10.9 Å². The molecule has 1 aromatic heterocycles. The van der Waals surface area contributed by atoms with E-state index in [1.807, 2.05) is 24.3 Å². The fraction of sp³-hybridized carbons (Fsp3) is 0. The molecule has 110 valence electrons. The Bertz CT molecular complexity index is 818. The highest BCUT2D eigenvalue weighted by Gasteiger charge is 2.19. The lowest BCUT2D eigenvalue weighted by atomic mass is 10.0. The van der Waals surface area contributed by atoms with Crippen molar-refractivity contribution in [3.8, 4) is 17.3 Å². The second kappa shape index (κ2) is 6.10. The quantitative estimate of drug-likeness (QED) is 0.575. The number of carbonyl (C=O) groups is 1. The van der Waals surface area contributed by atoms with E-state index in [1.165, 1.54) is 0 Å². The Labute approximate surface area is 143 Å².